The van der Waals surface area contributed by atoms with E-state index in [2.05, 4.69) is 0 Å². The molecule has 1 aliphatic carbocycles. The van der Waals surface area contributed by atoms with E-state index in [4.69, 9.17) is 14.6 Å². The van der Waals surface area contributed by atoms with E-state index in [1.165, 1.54) is 0 Å². The molecule has 2 atom stereocenters. The number of fused-ring (bicyclic) bond motifs is 1. The van der Waals surface area contributed by atoms with E-state index in [1.54, 1.807) is 0 Å². The van der Waals surface area contributed by atoms with E-state index in [0.717, 1.165) is 0 Å². The van der Waals surface area contributed by atoms with Crippen molar-refractivity contribution in [3.63, 3.8) is 0 Å². The average Bonchev–Trinajstić information content (AvgIpc) is 2.60. The van der Waals surface area contributed by atoms with Crippen molar-refractivity contribution in [3.8, 4) is 0 Å². The summed E-state index contributed by atoms with van der Waals surface area (Å²) in [5, 5.41) is 8.68. The van der Waals surface area contributed by atoms with Crippen LogP contribution in [0.15, 0.2) is 0 Å². The first-order valence-electron chi connectivity index (χ1n) is 3.27. The van der Waals surface area contributed by atoms with Gasteiger partial charge in [-0.3, -0.25) is 0 Å². The summed E-state index contributed by atoms with van der Waals surface area (Å²) in [5.74, 6) is 0.271. The first-order chi connectivity index (χ1) is 4.43. The molecule has 0 aromatic heterocycles. The Morgan fingerprint density at radius 3 is 2.22 bits per heavy atom. The predicted octanol–water partition coefficient (Wildman–Crippen LogP) is -0.608. The number of hydrogen-bond acceptors (Lipinski definition) is 3. The van der Waals surface area contributed by atoms with Crippen LogP contribution in [0.1, 0.15) is 0 Å². The van der Waals surface area contributed by atoms with Crippen molar-refractivity contribution in [1.82, 2.24) is 0 Å². The van der Waals surface area contributed by atoms with Gasteiger partial charge >= 0.3 is 0 Å². The summed E-state index contributed by atoms with van der Waals surface area (Å²) in [4.78, 5) is 0. The van der Waals surface area contributed by atoms with Crippen LogP contribution in [-0.2, 0) is 9.47 Å². The van der Waals surface area contributed by atoms with Crippen molar-refractivity contribution in [3.05, 3.63) is 0 Å². The van der Waals surface area contributed by atoms with Crippen LogP contribution >= 0.6 is 0 Å². The van der Waals surface area contributed by atoms with Crippen molar-refractivity contribution in [2.75, 3.05) is 19.8 Å². The number of rotatable bonds is 1. The Balaban J connectivity index is 1.91. The van der Waals surface area contributed by atoms with Gasteiger partial charge < -0.3 is 14.6 Å². The molecule has 2 fully saturated rings. The predicted molar refractivity (Wildman–Crippen MR) is 30.1 cm³/mol. The molecule has 52 valence electrons. The van der Waals surface area contributed by atoms with Gasteiger partial charge in [-0.1, -0.05) is 0 Å². The van der Waals surface area contributed by atoms with Crippen LogP contribution in [0.2, 0.25) is 0 Å². The molecule has 0 radical (unpaired) electrons. The van der Waals surface area contributed by atoms with Crippen molar-refractivity contribution < 1.29 is 14.6 Å². The Labute approximate surface area is 53.6 Å². The fourth-order valence-electron chi connectivity index (χ4n) is 1.33. The van der Waals surface area contributed by atoms with Gasteiger partial charge in [0.05, 0.1) is 32.0 Å². The lowest BCUT2D eigenvalue weighted by Gasteiger charge is -2.09. The van der Waals surface area contributed by atoms with Gasteiger partial charge in [0.25, 0.3) is 0 Å². The molecule has 1 N–H and O–H groups in total. The molecule has 0 aromatic carbocycles. The minimum atomic E-state index is 0.204. The maximum Gasteiger partial charge on any atom is 0.0918 e. The number of hydrogen-bond donors (Lipinski definition) is 1. The Morgan fingerprint density at radius 1 is 1.22 bits per heavy atom. The second-order valence-electron chi connectivity index (χ2n) is 2.52. The SMILES string of the molecule is OCC1[C@H]2OCCO[C@H]12. The van der Waals surface area contributed by atoms with Crippen LogP contribution in [0.4, 0.5) is 0 Å². The molecule has 3 nitrogen and oxygen atoms in total. The summed E-state index contributed by atoms with van der Waals surface area (Å²) >= 11 is 0. The minimum absolute atomic E-state index is 0.204. The number of aliphatic hydroxyl groups excluding tert-OH is 1. The Kier molecular flexibility index (Phi) is 1.22. The summed E-state index contributed by atoms with van der Waals surface area (Å²) in [5.41, 5.74) is 0. The molecular weight excluding hydrogens is 120 g/mol. The van der Waals surface area contributed by atoms with Crippen molar-refractivity contribution in [2.24, 2.45) is 5.92 Å². The number of aliphatic hydroxyl groups is 1. The van der Waals surface area contributed by atoms with Crippen LogP contribution in [0, 0.1) is 5.92 Å². The highest BCUT2D eigenvalue weighted by Crippen LogP contribution is 2.39. The lowest BCUT2D eigenvalue weighted by atomic mass is 10.4. The fraction of sp³-hybridized carbons (Fsp3) is 1.00. The molecule has 3 heteroatoms. The lowest BCUT2D eigenvalue weighted by Crippen LogP contribution is -2.16. The van der Waals surface area contributed by atoms with Gasteiger partial charge in [-0.05, 0) is 0 Å². The Hall–Kier alpha value is -0.120. The lowest BCUT2D eigenvalue weighted by molar-refractivity contribution is -0.0376. The van der Waals surface area contributed by atoms with E-state index >= 15 is 0 Å². The molecule has 9 heavy (non-hydrogen) atoms. The quantitative estimate of drug-likeness (QED) is 0.514. The number of ether oxygens (including phenoxy) is 2. The standard InChI is InChI=1S/C6H10O3/c7-3-4-5-6(4)9-2-1-8-5/h4-7H,1-3H2/t5-,6-/m1/s1. The molecule has 1 saturated heterocycles. The van der Waals surface area contributed by atoms with E-state index in [-0.39, 0.29) is 24.7 Å². The van der Waals surface area contributed by atoms with E-state index in [1.807, 2.05) is 0 Å². The fourth-order valence-corrected chi connectivity index (χ4v) is 1.33. The molecule has 1 heterocycles. The normalized spacial score (nSPS) is 48.3. The molecule has 1 aliphatic heterocycles. The molecule has 0 aromatic rings. The van der Waals surface area contributed by atoms with E-state index < -0.39 is 0 Å². The summed E-state index contributed by atoms with van der Waals surface area (Å²) in [6.45, 7) is 1.59. The van der Waals surface area contributed by atoms with Crippen LogP contribution in [0.3, 0.4) is 0 Å². The van der Waals surface area contributed by atoms with Crippen LogP contribution in [0.5, 0.6) is 0 Å². The van der Waals surface area contributed by atoms with Gasteiger partial charge in [0, 0.05) is 5.92 Å². The van der Waals surface area contributed by atoms with Gasteiger partial charge in [-0.2, -0.15) is 0 Å². The largest absolute Gasteiger partial charge is 0.396 e. The minimum Gasteiger partial charge on any atom is -0.396 e. The van der Waals surface area contributed by atoms with Crippen molar-refractivity contribution in [1.29, 1.82) is 0 Å². The molecule has 2 aliphatic rings. The average molecular weight is 130 g/mol. The van der Waals surface area contributed by atoms with Gasteiger partial charge in [0.2, 0.25) is 0 Å². The monoisotopic (exact) mass is 130 g/mol. The molecular formula is C6H10O3. The first-order valence-corrected chi connectivity index (χ1v) is 3.27. The second-order valence-corrected chi connectivity index (χ2v) is 2.52. The highest BCUT2D eigenvalue weighted by molar-refractivity contribution is 5.01. The summed E-state index contributed by atoms with van der Waals surface area (Å²) in [6.07, 6.45) is 0.424. The third kappa shape index (κ3) is 0.764. The maximum atomic E-state index is 8.68. The van der Waals surface area contributed by atoms with E-state index in [9.17, 15) is 0 Å². The molecule has 2 rings (SSSR count). The summed E-state index contributed by atoms with van der Waals surface area (Å²) in [6, 6.07) is 0. The Bertz CT molecular complexity index is 96.1. The second kappa shape index (κ2) is 1.94. The third-order valence-corrected chi connectivity index (χ3v) is 1.94. The first kappa shape index (κ1) is 5.65. The zero-order valence-electron chi connectivity index (χ0n) is 5.12. The topological polar surface area (TPSA) is 38.7 Å². The Morgan fingerprint density at radius 2 is 1.78 bits per heavy atom. The van der Waals surface area contributed by atoms with Crippen LogP contribution < -0.4 is 0 Å². The van der Waals surface area contributed by atoms with Crippen LogP contribution in [0.25, 0.3) is 0 Å². The smallest absolute Gasteiger partial charge is 0.0918 e. The van der Waals surface area contributed by atoms with Gasteiger partial charge in [-0.25, -0.2) is 0 Å². The molecule has 0 spiro atoms. The van der Waals surface area contributed by atoms with Crippen LogP contribution in [-0.4, -0.2) is 37.1 Å². The molecule has 0 bridgehead atoms. The highest BCUT2D eigenvalue weighted by Gasteiger charge is 2.53. The van der Waals surface area contributed by atoms with Crippen molar-refractivity contribution >= 4 is 0 Å². The highest BCUT2D eigenvalue weighted by atomic mass is 16.6. The molecule has 1 saturated carbocycles. The zero-order chi connectivity index (χ0) is 6.27. The van der Waals surface area contributed by atoms with Gasteiger partial charge in [-0.15, -0.1) is 0 Å². The zero-order valence-corrected chi connectivity index (χ0v) is 5.12. The summed E-state index contributed by atoms with van der Waals surface area (Å²) < 4.78 is 10.5. The summed E-state index contributed by atoms with van der Waals surface area (Å²) in [7, 11) is 0. The molecule has 0 unspecified atom stereocenters. The van der Waals surface area contributed by atoms with Gasteiger partial charge in [0.1, 0.15) is 0 Å². The van der Waals surface area contributed by atoms with Crippen molar-refractivity contribution in [2.45, 2.75) is 12.2 Å². The third-order valence-electron chi connectivity index (χ3n) is 1.94. The van der Waals surface area contributed by atoms with E-state index in [0.29, 0.717) is 13.2 Å². The molecule has 0 amide bonds. The van der Waals surface area contributed by atoms with Gasteiger partial charge in [0.15, 0.2) is 0 Å². The maximum absolute atomic E-state index is 8.68.